The third-order valence-electron chi connectivity index (χ3n) is 4.36. The molecule has 0 saturated carbocycles. The number of thiophene rings is 1. The third-order valence-corrected chi connectivity index (χ3v) is 5.46. The summed E-state index contributed by atoms with van der Waals surface area (Å²) in [5.74, 6) is 0.113. The van der Waals surface area contributed by atoms with E-state index >= 15 is 0 Å². The van der Waals surface area contributed by atoms with Crippen LogP contribution in [0, 0.1) is 13.8 Å². The van der Waals surface area contributed by atoms with Crippen molar-refractivity contribution in [2.45, 2.75) is 33.5 Å². The Morgan fingerprint density at radius 2 is 1.93 bits per heavy atom. The van der Waals surface area contributed by atoms with E-state index in [0.717, 1.165) is 20.8 Å². The Morgan fingerprint density at radius 3 is 2.59 bits per heavy atom. The number of carbonyl (C=O) groups excluding carboxylic acids is 1. The Kier molecular flexibility index (Phi) is 5.72. The molecule has 0 spiro atoms. The monoisotopic (exact) mass is 385 g/mol. The summed E-state index contributed by atoms with van der Waals surface area (Å²) >= 11 is 1.51. The van der Waals surface area contributed by atoms with E-state index in [1.807, 2.05) is 63.2 Å². The van der Waals surface area contributed by atoms with Crippen LogP contribution in [0.1, 0.15) is 21.8 Å². The quantitative estimate of drug-likeness (QED) is 0.611. The maximum absolute atomic E-state index is 13.1. The second kappa shape index (κ2) is 8.02. The van der Waals surface area contributed by atoms with Crippen LogP contribution in [0.5, 0.6) is 0 Å². The standard InChI is InChI=1S/C20H23N3O3S/c1-13-14(2)27-19-18(13)20(25)23(16(21-19)10-22(3)4)11-17(24)26-12-15-8-6-5-7-9-15/h5-9H,10-12H2,1-4H3. The fourth-order valence-electron chi connectivity index (χ4n) is 2.85. The minimum absolute atomic E-state index is 0.147. The zero-order chi connectivity index (χ0) is 19.6. The zero-order valence-corrected chi connectivity index (χ0v) is 16.8. The lowest BCUT2D eigenvalue weighted by molar-refractivity contribution is -0.145. The van der Waals surface area contributed by atoms with Crippen LogP contribution < -0.4 is 5.56 Å². The van der Waals surface area contributed by atoms with E-state index in [1.165, 1.54) is 15.9 Å². The molecule has 3 rings (SSSR count). The van der Waals surface area contributed by atoms with Gasteiger partial charge in [0.2, 0.25) is 0 Å². The van der Waals surface area contributed by atoms with Crippen molar-refractivity contribution in [1.82, 2.24) is 14.5 Å². The molecule has 1 aromatic carbocycles. The molecule has 7 heteroatoms. The van der Waals surface area contributed by atoms with E-state index in [-0.39, 0.29) is 18.7 Å². The normalized spacial score (nSPS) is 11.3. The Hall–Kier alpha value is -2.51. The number of hydrogen-bond donors (Lipinski definition) is 0. The van der Waals surface area contributed by atoms with E-state index < -0.39 is 5.97 Å². The second-order valence-corrected chi connectivity index (χ2v) is 7.97. The molecule has 2 heterocycles. The molecule has 0 atom stereocenters. The third kappa shape index (κ3) is 4.26. The van der Waals surface area contributed by atoms with Gasteiger partial charge in [-0.3, -0.25) is 14.2 Å². The fourth-order valence-corrected chi connectivity index (χ4v) is 3.89. The number of ether oxygens (including phenoxy) is 1. The second-order valence-electron chi connectivity index (χ2n) is 6.77. The van der Waals surface area contributed by atoms with E-state index in [1.54, 1.807) is 0 Å². The molecular weight excluding hydrogens is 362 g/mol. The number of hydrogen-bond acceptors (Lipinski definition) is 6. The largest absolute Gasteiger partial charge is 0.459 e. The number of rotatable bonds is 6. The van der Waals surface area contributed by atoms with Gasteiger partial charge in [-0.15, -0.1) is 11.3 Å². The van der Waals surface area contributed by atoms with Gasteiger partial charge in [0, 0.05) is 4.88 Å². The minimum atomic E-state index is -0.452. The molecule has 0 unspecified atom stereocenters. The number of aromatic nitrogens is 2. The van der Waals surface area contributed by atoms with Crippen LogP contribution in [0.2, 0.25) is 0 Å². The Morgan fingerprint density at radius 1 is 1.22 bits per heavy atom. The first-order valence-corrected chi connectivity index (χ1v) is 9.52. The van der Waals surface area contributed by atoms with Gasteiger partial charge in [-0.05, 0) is 39.1 Å². The maximum atomic E-state index is 13.1. The average molecular weight is 385 g/mol. The van der Waals surface area contributed by atoms with Crippen LogP contribution in [0.15, 0.2) is 35.1 Å². The summed E-state index contributed by atoms with van der Waals surface area (Å²) in [7, 11) is 3.80. The van der Waals surface area contributed by atoms with Crippen LogP contribution in [0.25, 0.3) is 10.2 Å². The first kappa shape index (κ1) is 19.3. The molecule has 6 nitrogen and oxygen atoms in total. The van der Waals surface area contributed by atoms with E-state index in [0.29, 0.717) is 17.8 Å². The van der Waals surface area contributed by atoms with Gasteiger partial charge in [-0.25, -0.2) is 4.98 Å². The van der Waals surface area contributed by atoms with Crippen molar-refractivity contribution in [3.63, 3.8) is 0 Å². The molecule has 0 fully saturated rings. The van der Waals surface area contributed by atoms with Gasteiger partial charge >= 0.3 is 5.97 Å². The van der Waals surface area contributed by atoms with Gasteiger partial charge in [-0.2, -0.15) is 0 Å². The Bertz CT molecular complexity index is 1020. The molecular formula is C20H23N3O3S. The van der Waals surface area contributed by atoms with Gasteiger partial charge < -0.3 is 9.64 Å². The summed E-state index contributed by atoms with van der Waals surface area (Å²) < 4.78 is 6.80. The molecule has 2 aromatic heterocycles. The van der Waals surface area contributed by atoms with E-state index in [9.17, 15) is 9.59 Å². The van der Waals surface area contributed by atoms with Crippen LogP contribution in [0.4, 0.5) is 0 Å². The van der Waals surface area contributed by atoms with Crippen LogP contribution in [-0.2, 0) is 29.2 Å². The molecule has 142 valence electrons. The van der Waals surface area contributed by atoms with Gasteiger partial charge in [0.25, 0.3) is 5.56 Å². The highest BCUT2D eigenvalue weighted by atomic mass is 32.1. The summed E-state index contributed by atoms with van der Waals surface area (Å²) in [6.07, 6.45) is 0. The summed E-state index contributed by atoms with van der Waals surface area (Å²) in [6, 6.07) is 9.47. The highest BCUT2D eigenvalue weighted by molar-refractivity contribution is 7.18. The number of esters is 1. The van der Waals surface area contributed by atoms with Crippen molar-refractivity contribution in [3.8, 4) is 0 Å². The van der Waals surface area contributed by atoms with Crippen molar-refractivity contribution >= 4 is 27.5 Å². The minimum Gasteiger partial charge on any atom is -0.459 e. The summed E-state index contributed by atoms with van der Waals surface area (Å²) in [6.45, 7) is 4.40. The zero-order valence-electron chi connectivity index (χ0n) is 16.0. The van der Waals surface area contributed by atoms with Gasteiger partial charge in [-0.1, -0.05) is 30.3 Å². The molecule has 0 N–H and O–H groups in total. The first-order valence-electron chi connectivity index (χ1n) is 8.70. The van der Waals surface area contributed by atoms with Crippen molar-refractivity contribution in [1.29, 1.82) is 0 Å². The van der Waals surface area contributed by atoms with Crippen molar-refractivity contribution in [2.75, 3.05) is 14.1 Å². The topological polar surface area (TPSA) is 64.4 Å². The fraction of sp³-hybridized carbons (Fsp3) is 0.350. The smallest absolute Gasteiger partial charge is 0.326 e. The number of nitrogens with zero attached hydrogens (tertiary/aromatic N) is 3. The van der Waals surface area contributed by atoms with Crippen LogP contribution in [0.3, 0.4) is 0 Å². The van der Waals surface area contributed by atoms with Crippen molar-refractivity contribution in [2.24, 2.45) is 0 Å². The summed E-state index contributed by atoms with van der Waals surface area (Å²) in [4.78, 5) is 33.8. The summed E-state index contributed by atoms with van der Waals surface area (Å²) in [5.41, 5.74) is 1.65. The SMILES string of the molecule is Cc1sc2nc(CN(C)C)n(CC(=O)OCc3ccccc3)c(=O)c2c1C. The molecule has 0 aliphatic carbocycles. The lowest BCUT2D eigenvalue weighted by Crippen LogP contribution is -2.31. The molecule has 3 aromatic rings. The number of fused-ring (bicyclic) bond motifs is 1. The molecule has 0 radical (unpaired) electrons. The number of carbonyl (C=O) groups is 1. The molecule has 0 amide bonds. The van der Waals surface area contributed by atoms with Crippen molar-refractivity contribution in [3.05, 3.63) is 62.5 Å². The molecule has 27 heavy (non-hydrogen) atoms. The highest BCUT2D eigenvalue weighted by Gasteiger charge is 2.19. The van der Waals surface area contributed by atoms with Crippen LogP contribution in [-0.4, -0.2) is 34.5 Å². The molecule has 0 aliphatic heterocycles. The van der Waals surface area contributed by atoms with Crippen LogP contribution >= 0.6 is 11.3 Å². The molecule has 0 bridgehead atoms. The number of benzene rings is 1. The number of aryl methyl sites for hydroxylation is 2. The average Bonchev–Trinajstić information content (AvgIpc) is 2.91. The lowest BCUT2D eigenvalue weighted by Gasteiger charge is -2.15. The molecule has 0 saturated heterocycles. The Balaban J connectivity index is 1.91. The van der Waals surface area contributed by atoms with Gasteiger partial charge in [0.05, 0.1) is 11.9 Å². The summed E-state index contributed by atoms with van der Waals surface area (Å²) in [5, 5.41) is 0.593. The van der Waals surface area contributed by atoms with E-state index in [4.69, 9.17) is 4.74 Å². The lowest BCUT2D eigenvalue weighted by atomic mass is 10.2. The predicted octanol–water partition coefficient (Wildman–Crippen LogP) is 2.88. The van der Waals surface area contributed by atoms with Crippen molar-refractivity contribution < 1.29 is 9.53 Å². The van der Waals surface area contributed by atoms with Gasteiger partial charge in [0.1, 0.15) is 23.8 Å². The molecule has 0 aliphatic rings. The van der Waals surface area contributed by atoms with E-state index in [2.05, 4.69) is 4.98 Å². The highest BCUT2D eigenvalue weighted by Crippen LogP contribution is 2.26. The first-order chi connectivity index (χ1) is 12.9. The van der Waals surface area contributed by atoms with Gasteiger partial charge in [0.15, 0.2) is 0 Å². The maximum Gasteiger partial charge on any atom is 0.326 e. The Labute approximate surface area is 162 Å². The predicted molar refractivity (Wildman–Crippen MR) is 107 cm³/mol.